The van der Waals surface area contributed by atoms with Gasteiger partial charge in [0.05, 0.1) is 10.5 Å². The monoisotopic (exact) mass is 249 g/mol. The molecule has 0 heterocycles. The Hall–Kier alpha value is -1.92. The normalized spacial score (nSPS) is 12.6. The van der Waals surface area contributed by atoms with Crippen molar-refractivity contribution in [2.45, 2.75) is 13.1 Å². The van der Waals surface area contributed by atoms with Gasteiger partial charge in [0.1, 0.15) is 5.82 Å². The summed E-state index contributed by atoms with van der Waals surface area (Å²) in [5, 5.41) is 10.3. The molecule has 0 radical (unpaired) electrons. The highest BCUT2D eigenvalue weighted by atomic mass is 19.4. The second-order valence-corrected chi connectivity index (χ2v) is 3.28. The molecule has 0 aliphatic carbocycles. The fraction of sp³-hybridized carbons (Fsp3) is 0.200. The molecule has 0 saturated carbocycles. The fourth-order valence-electron chi connectivity index (χ4n) is 1.14. The van der Waals surface area contributed by atoms with Crippen molar-refractivity contribution >= 4 is 6.08 Å². The maximum absolute atomic E-state index is 12.9. The average molecular weight is 249 g/mol. The van der Waals surface area contributed by atoms with Crippen LogP contribution < -0.4 is 0 Å². The van der Waals surface area contributed by atoms with Crippen molar-refractivity contribution in [2.24, 2.45) is 0 Å². The van der Waals surface area contributed by atoms with Crippen LogP contribution in [-0.4, -0.2) is 4.92 Å². The van der Waals surface area contributed by atoms with E-state index in [0.717, 1.165) is 19.1 Å². The lowest BCUT2D eigenvalue weighted by Crippen LogP contribution is -2.08. The molecule has 7 heteroatoms. The van der Waals surface area contributed by atoms with Crippen LogP contribution in [0.15, 0.2) is 23.9 Å². The molecule has 0 aliphatic rings. The quantitative estimate of drug-likeness (QED) is 0.457. The molecule has 1 rings (SSSR count). The highest BCUT2D eigenvalue weighted by Crippen LogP contribution is 2.32. The van der Waals surface area contributed by atoms with Gasteiger partial charge in [0.25, 0.3) is 0 Å². The summed E-state index contributed by atoms with van der Waals surface area (Å²) in [6.45, 7) is 1.14. The van der Waals surface area contributed by atoms with Gasteiger partial charge in [-0.05, 0) is 17.7 Å². The summed E-state index contributed by atoms with van der Waals surface area (Å²) >= 11 is 0. The van der Waals surface area contributed by atoms with Crippen LogP contribution in [0.4, 0.5) is 17.6 Å². The number of allylic oxidation sites excluding steroid dienone is 1. The summed E-state index contributed by atoms with van der Waals surface area (Å²) in [5.74, 6) is -1.41. The van der Waals surface area contributed by atoms with Crippen LogP contribution in [0, 0.1) is 15.9 Å². The zero-order valence-electron chi connectivity index (χ0n) is 8.58. The van der Waals surface area contributed by atoms with Gasteiger partial charge in [-0.15, -0.1) is 0 Å². The van der Waals surface area contributed by atoms with Gasteiger partial charge in [0.15, 0.2) is 0 Å². The minimum absolute atomic E-state index is 0.0760. The molecule has 1 aromatic rings. The number of benzene rings is 1. The van der Waals surface area contributed by atoms with Crippen molar-refractivity contribution in [2.75, 3.05) is 0 Å². The zero-order chi connectivity index (χ0) is 13.2. The van der Waals surface area contributed by atoms with Crippen molar-refractivity contribution in [3.63, 3.8) is 0 Å². The van der Waals surface area contributed by atoms with Gasteiger partial charge in [-0.3, -0.25) is 10.1 Å². The molecule has 0 N–H and O–H groups in total. The Morgan fingerprint density at radius 1 is 1.41 bits per heavy atom. The Balaban J connectivity index is 3.23. The van der Waals surface area contributed by atoms with E-state index in [2.05, 4.69) is 0 Å². The zero-order valence-corrected chi connectivity index (χ0v) is 8.58. The topological polar surface area (TPSA) is 43.1 Å². The lowest BCUT2D eigenvalue weighted by atomic mass is 10.1. The first-order chi connectivity index (χ1) is 7.71. The molecule has 0 bridgehead atoms. The number of halogens is 4. The predicted molar refractivity (Wildman–Crippen MR) is 52.0 cm³/mol. The molecule has 0 saturated heterocycles. The standard InChI is InChI=1S/C10H7F4NO2/c1-6(15(16)17)4-7-2-3-9(11)8(5-7)10(12,13)14/h2-5H,1H3/b6-4-. The van der Waals surface area contributed by atoms with E-state index < -0.39 is 22.5 Å². The van der Waals surface area contributed by atoms with Gasteiger partial charge in [0, 0.05) is 13.0 Å². The largest absolute Gasteiger partial charge is 0.419 e. The molecule has 3 nitrogen and oxygen atoms in total. The van der Waals surface area contributed by atoms with Crippen LogP contribution in [-0.2, 0) is 6.18 Å². The minimum Gasteiger partial charge on any atom is -0.259 e. The van der Waals surface area contributed by atoms with E-state index in [1.807, 2.05) is 0 Å². The average Bonchev–Trinajstić information content (AvgIpc) is 2.19. The molecule has 0 fully saturated rings. The van der Waals surface area contributed by atoms with Crippen molar-refractivity contribution in [1.82, 2.24) is 0 Å². The van der Waals surface area contributed by atoms with Crippen molar-refractivity contribution < 1.29 is 22.5 Å². The Labute approximate surface area is 93.5 Å². The number of hydrogen-bond acceptors (Lipinski definition) is 2. The third-order valence-electron chi connectivity index (χ3n) is 1.96. The molecule has 0 aromatic heterocycles. The third kappa shape index (κ3) is 3.27. The van der Waals surface area contributed by atoms with Gasteiger partial charge in [0.2, 0.25) is 5.70 Å². The maximum Gasteiger partial charge on any atom is 0.419 e. The molecular formula is C10H7F4NO2. The van der Waals surface area contributed by atoms with Crippen LogP contribution in [0.1, 0.15) is 18.1 Å². The fourth-order valence-corrected chi connectivity index (χ4v) is 1.14. The Morgan fingerprint density at radius 2 is 2.00 bits per heavy atom. The number of alkyl halides is 3. The second-order valence-electron chi connectivity index (χ2n) is 3.28. The highest BCUT2D eigenvalue weighted by molar-refractivity contribution is 5.52. The Bertz CT molecular complexity index is 480. The molecule has 0 unspecified atom stereocenters. The lowest BCUT2D eigenvalue weighted by Gasteiger charge is -2.08. The second kappa shape index (κ2) is 4.52. The first kappa shape index (κ1) is 13.1. The molecule has 92 valence electrons. The number of hydrogen-bond donors (Lipinski definition) is 0. The number of nitrogens with zero attached hydrogens (tertiary/aromatic N) is 1. The highest BCUT2D eigenvalue weighted by Gasteiger charge is 2.34. The van der Waals surface area contributed by atoms with Crippen LogP contribution in [0.3, 0.4) is 0 Å². The van der Waals surface area contributed by atoms with E-state index in [0.29, 0.717) is 12.1 Å². The Kier molecular flexibility index (Phi) is 3.50. The number of nitro groups is 1. The van der Waals surface area contributed by atoms with Crippen molar-refractivity contribution in [3.8, 4) is 0 Å². The van der Waals surface area contributed by atoms with Crippen LogP contribution >= 0.6 is 0 Å². The first-order valence-electron chi connectivity index (χ1n) is 4.41. The number of rotatable bonds is 2. The smallest absolute Gasteiger partial charge is 0.259 e. The summed E-state index contributed by atoms with van der Waals surface area (Å²) in [4.78, 5) is 9.55. The molecular weight excluding hydrogens is 242 g/mol. The first-order valence-corrected chi connectivity index (χ1v) is 4.41. The van der Waals surface area contributed by atoms with Gasteiger partial charge >= 0.3 is 6.18 Å². The van der Waals surface area contributed by atoms with Gasteiger partial charge in [-0.2, -0.15) is 13.2 Å². The molecule has 0 atom stereocenters. The van der Waals surface area contributed by atoms with Gasteiger partial charge in [-0.25, -0.2) is 4.39 Å². The minimum atomic E-state index is -4.82. The molecule has 0 amide bonds. The summed E-state index contributed by atoms with van der Waals surface area (Å²) < 4.78 is 49.9. The summed E-state index contributed by atoms with van der Waals surface area (Å²) in [6.07, 6.45) is -3.88. The van der Waals surface area contributed by atoms with E-state index >= 15 is 0 Å². The van der Waals surface area contributed by atoms with E-state index in [4.69, 9.17) is 0 Å². The summed E-state index contributed by atoms with van der Waals surface area (Å²) in [6, 6.07) is 2.20. The summed E-state index contributed by atoms with van der Waals surface area (Å²) in [5.41, 5.74) is -1.85. The maximum atomic E-state index is 12.9. The van der Waals surface area contributed by atoms with Crippen molar-refractivity contribution in [3.05, 3.63) is 51.0 Å². The van der Waals surface area contributed by atoms with Crippen molar-refractivity contribution in [1.29, 1.82) is 0 Å². The van der Waals surface area contributed by atoms with Gasteiger partial charge < -0.3 is 0 Å². The van der Waals surface area contributed by atoms with E-state index in [9.17, 15) is 27.7 Å². The molecule has 0 spiro atoms. The molecule has 17 heavy (non-hydrogen) atoms. The van der Waals surface area contributed by atoms with E-state index in [1.54, 1.807) is 0 Å². The lowest BCUT2D eigenvalue weighted by molar-refractivity contribution is -0.422. The predicted octanol–water partition coefficient (Wildman–Crippen LogP) is 3.48. The van der Waals surface area contributed by atoms with Crippen LogP contribution in [0.2, 0.25) is 0 Å². The van der Waals surface area contributed by atoms with Gasteiger partial charge in [-0.1, -0.05) is 6.07 Å². The van der Waals surface area contributed by atoms with E-state index in [-0.39, 0.29) is 11.3 Å². The molecule has 0 aliphatic heterocycles. The van der Waals surface area contributed by atoms with Crippen LogP contribution in [0.5, 0.6) is 0 Å². The SMILES string of the molecule is C/C(=C/c1ccc(F)c(C(F)(F)F)c1)[N+](=O)[O-]. The van der Waals surface area contributed by atoms with E-state index in [1.165, 1.54) is 0 Å². The third-order valence-corrected chi connectivity index (χ3v) is 1.96. The summed E-state index contributed by atoms with van der Waals surface area (Å²) in [7, 11) is 0. The Morgan fingerprint density at radius 3 is 2.47 bits per heavy atom. The van der Waals surface area contributed by atoms with Crippen LogP contribution in [0.25, 0.3) is 6.08 Å². The molecule has 1 aromatic carbocycles.